The molecule has 20 heavy (non-hydrogen) atoms. The lowest BCUT2D eigenvalue weighted by Gasteiger charge is -2.12. The number of rotatable bonds is 2. The Bertz CT molecular complexity index is 708. The van der Waals surface area contributed by atoms with Gasteiger partial charge in [0, 0.05) is 12.7 Å². The number of hydrogen-bond acceptors (Lipinski definition) is 4. The van der Waals surface area contributed by atoms with Crippen LogP contribution in [0.2, 0.25) is 0 Å². The largest absolute Gasteiger partial charge is 0.326 e. The summed E-state index contributed by atoms with van der Waals surface area (Å²) < 4.78 is 0. The van der Waals surface area contributed by atoms with Crippen LogP contribution in [0.15, 0.2) is 36.5 Å². The minimum Gasteiger partial charge on any atom is -0.326 e. The maximum absolute atomic E-state index is 12.4. The molecule has 2 heterocycles. The fourth-order valence-corrected chi connectivity index (χ4v) is 2.23. The summed E-state index contributed by atoms with van der Waals surface area (Å²) in [4.78, 5) is 29.9. The van der Waals surface area contributed by atoms with Crippen LogP contribution in [-0.4, -0.2) is 16.8 Å². The molecule has 0 unspecified atom stereocenters. The topological polar surface area (TPSA) is 76.3 Å². The minimum atomic E-state index is -0.335. The number of amides is 2. The molecule has 0 bridgehead atoms. The van der Waals surface area contributed by atoms with E-state index in [0.29, 0.717) is 23.5 Å². The average Bonchev–Trinajstić information content (AvgIpc) is 2.71. The van der Waals surface area contributed by atoms with Gasteiger partial charge in [-0.1, -0.05) is 17.7 Å². The molecular weight excluding hydrogens is 254 g/mol. The quantitative estimate of drug-likeness (QED) is 0.839. The molecule has 0 saturated carbocycles. The van der Waals surface area contributed by atoms with Crippen LogP contribution in [0.3, 0.4) is 0 Å². The Morgan fingerprint density at radius 3 is 2.50 bits per heavy atom. The van der Waals surface area contributed by atoms with E-state index in [1.807, 2.05) is 13.0 Å². The van der Waals surface area contributed by atoms with Crippen LogP contribution in [0.1, 0.15) is 31.8 Å². The van der Waals surface area contributed by atoms with Crippen molar-refractivity contribution in [2.45, 2.75) is 13.5 Å². The Morgan fingerprint density at radius 2 is 1.85 bits per heavy atom. The van der Waals surface area contributed by atoms with Gasteiger partial charge in [-0.05, 0) is 30.7 Å². The van der Waals surface area contributed by atoms with E-state index in [9.17, 15) is 9.59 Å². The molecule has 0 spiro atoms. The van der Waals surface area contributed by atoms with Gasteiger partial charge in [-0.2, -0.15) is 0 Å². The molecule has 5 nitrogen and oxygen atoms in total. The summed E-state index contributed by atoms with van der Waals surface area (Å²) in [6.45, 7) is 2.25. The fourth-order valence-electron chi connectivity index (χ4n) is 2.23. The van der Waals surface area contributed by atoms with Gasteiger partial charge < -0.3 is 5.73 Å². The fraction of sp³-hybridized carbons (Fsp3) is 0.133. The third kappa shape index (κ3) is 1.80. The number of carbonyl (C=O) groups excluding carboxylic acids is 2. The van der Waals surface area contributed by atoms with Crippen LogP contribution in [0, 0.1) is 6.92 Å². The summed E-state index contributed by atoms with van der Waals surface area (Å²) in [6.07, 6.45) is 1.57. The molecule has 100 valence electrons. The molecule has 0 fully saturated rings. The molecule has 2 N–H and O–H groups in total. The van der Waals surface area contributed by atoms with Crippen molar-refractivity contribution in [2.24, 2.45) is 5.73 Å². The molecule has 2 aromatic rings. The molecule has 0 radical (unpaired) electrons. The van der Waals surface area contributed by atoms with Crippen molar-refractivity contribution in [3.05, 3.63) is 58.8 Å². The highest BCUT2D eigenvalue weighted by Gasteiger charge is 2.37. The summed E-state index contributed by atoms with van der Waals surface area (Å²) in [5.41, 5.74) is 8.15. The highest BCUT2D eigenvalue weighted by atomic mass is 16.2. The number of nitrogens with zero attached hydrogens (tertiary/aromatic N) is 2. The van der Waals surface area contributed by atoms with Gasteiger partial charge in [0.1, 0.15) is 5.82 Å². The number of aryl methyl sites for hydroxylation is 1. The van der Waals surface area contributed by atoms with E-state index < -0.39 is 0 Å². The van der Waals surface area contributed by atoms with Crippen molar-refractivity contribution in [1.82, 2.24) is 4.98 Å². The summed E-state index contributed by atoms with van der Waals surface area (Å²) in [5.74, 6) is -0.342. The van der Waals surface area contributed by atoms with Crippen LogP contribution in [0.25, 0.3) is 0 Å². The van der Waals surface area contributed by atoms with E-state index in [0.717, 1.165) is 16.0 Å². The minimum absolute atomic E-state index is 0.325. The molecule has 1 aromatic heterocycles. The number of anilines is 1. The van der Waals surface area contributed by atoms with Crippen molar-refractivity contribution in [2.75, 3.05) is 4.90 Å². The van der Waals surface area contributed by atoms with Crippen molar-refractivity contribution in [1.29, 1.82) is 0 Å². The van der Waals surface area contributed by atoms with Crippen LogP contribution in [-0.2, 0) is 6.54 Å². The molecule has 0 saturated heterocycles. The van der Waals surface area contributed by atoms with Crippen molar-refractivity contribution in [3.63, 3.8) is 0 Å². The van der Waals surface area contributed by atoms with E-state index in [4.69, 9.17) is 5.73 Å². The van der Waals surface area contributed by atoms with Crippen LogP contribution in [0.4, 0.5) is 5.82 Å². The summed E-state index contributed by atoms with van der Waals surface area (Å²) >= 11 is 0. The zero-order valence-corrected chi connectivity index (χ0v) is 11.0. The lowest BCUT2D eigenvalue weighted by molar-refractivity contribution is 0.0925. The second-order valence-electron chi connectivity index (χ2n) is 4.72. The first kappa shape index (κ1) is 12.5. The molecule has 0 aliphatic carbocycles. The Labute approximate surface area is 116 Å². The van der Waals surface area contributed by atoms with Crippen LogP contribution >= 0.6 is 0 Å². The normalized spacial score (nSPS) is 13.8. The SMILES string of the molecule is Cc1ccc2c(c1)C(=O)N(c1ccc(CN)cn1)C2=O. The number of hydrogen-bond donors (Lipinski definition) is 1. The number of aromatic nitrogens is 1. The van der Waals surface area contributed by atoms with E-state index in [-0.39, 0.29) is 11.8 Å². The van der Waals surface area contributed by atoms with E-state index in [2.05, 4.69) is 4.98 Å². The van der Waals surface area contributed by atoms with Crippen LogP contribution in [0.5, 0.6) is 0 Å². The molecule has 5 heteroatoms. The van der Waals surface area contributed by atoms with E-state index in [1.54, 1.807) is 30.5 Å². The number of pyridine rings is 1. The first-order chi connectivity index (χ1) is 9.61. The van der Waals surface area contributed by atoms with Gasteiger partial charge >= 0.3 is 0 Å². The number of imide groups is 1. The molecule has 0 atom stereocenters. The van der Waals surface area contributed by atoms with Gasteiger partial charge in [0.05, 0.1) is 11.1 Å². The smallest absolute Gasteiger partial charge is 0.267 e. The molecule has 1 aromatic carbocycles. The predicted octanol–water partition coefficient (Wildman–Crippen LogP) is 1.65. The number of carbonyl (C=O) groups is 2. The van der Waals surface area contributed by atoms with Crippen molar-refractivity contribution < 1.29 is 9.59 Å². The van der Waals surface area contributed by atoms with Crippen LogP contribution < -0.4 is 10.6 Å². The van der Waals surface area contributed by atoms with Gasteiger partial charge in [-0.3, -0.25) is 9.59 Å². The Hall–Kier alpha value is -2.53. The Morgan fingerprint density at radius 1 is 1.10 bits per heavy atom. The Balaban J connectivity index is 2.04. The summed E-state index contributed by atoms with van der Waals surface area (Å²) in [6, 6.07) is 8.62. The Kier molecular flexibility index (Phi) is 2.84. The van der Waals surface area contributed by atoms with Gasteiger partial charge in [0.15, 0.2) is 0 Å². The molecule has 3 rings (SSSR count). The second kappa shape index (κ2) is 4.54. The first-order valence-corrected chi connectivity index (χ1v) is 6.26. The molecule has 1 aliphatic rings. The third-order valence-electron chi connectivity index (χ3n) is 3.32. The van der Waals surface area contributed by atoms with E-state index >= 15 is 0 Å². The number of fused-ring (bicyclic) bond motifs is 1. The molecular formula is C15H13N3O2. The average molecular weight is 267 g/mol. The highest BCUT2D eigenvalue weighted by molar-refractivity contribution is 6.34. The van der Waals surface area contributed by atoms with Gasteiger partial charge in [0.2, 0.25) is 0 Å². The van der Waals surface area contributed by atoms with Gasteiger partial charge in [0.25, 0.3) is 11.8 Å². The maximum atomic E-state index is 12.4. The van der Waals surface area contributed by atoms with E-state index in [1.165, 1.54) is 0 Å². The van der Waals surface area contributed by atoms with Gasteiger partial charge in [-0.15, -0.1) is 0 Å². The summed E-state index contributed by atoms with van der Waals surface area (Å²) in [7, 11) is 0. The van der Waals surface area contributed by atoms with Crippen molar-refractivity contribution in [3.8, 4) is 0 Å². The zero-order chi connectivity index (χ0) is 14.3. The highest BCUT2D eigenvalue weighted by Crippen LogP contribution is 2.27. The lowest BCUT2D eigenvalue weighted by Crippen LogP contribution is -2.30. The maximum Gasteiger partial charge on any atom is 0.267 e. The zero-order valence-electron chi connectivity index (χ0n) is 11.0. The number of benzene rings is 1. The first-order valence-electron chi connectivity index (χ1n) is 6.26. The second-order valence-corrected chi connectivity index (χ2v) is 4.72. The lowest BCUT2D eigenvalue weighted by atomic mass is 10.1. The standard InChI is InChI=1S/C15H13N3O2/c1-9-2-4-11-12(6-9)15(20)18(14(11)19)13-5-3-10(7-16)8-17-13/h2-6,8H,7,16H2,1H3. The monoisotopic (exact) mass is 267 g/mol. The van der Waals surface area contributed by atoms with Crippen molar-refractivity contribution >= 4 is 17.6 Å². The number of nitrogens with two attached hydrogens (primary N) is 1. The molecule has 1 aliphatic heterocycles. The third-order valence-corrected chi connectivity index (χ3v) is 3.32. The predicted molar refractivity (Wildman–Crippen MR) is 74.4 cm³/mol. The molecule has 2 amide bonds. The van der Waals surface area contributed by atoms with Gasteiger partial charge in [-0.25, -0.2) is 9.88 Å². The summed E-state index contributed by atoms with van der Waals surface area (Å²) in [5, 5.41) is 0.